The Morgan fingerprint density at radius 3 is 3.00 bits per heavy atom. The molecule has 0 bridgehead atoms. The van der Waals surface area contributed by atoms with E-state index < -0.39 is 5.82 Å². The maximum Gasteiger partial charge on any atom is 0.255 e. The van der Waals surface area contributed by atoms with Crippen molar-refractivity contribution in [2.24, 2.45) is 5.73 Å². The van der Waals surface area contributed by atoms with Gasteiger partial charge in [-0.1, -0.05) is 17.8 Å². The molecule has 2 aromatic rings. The number of nitrogens with two attached hydrogens (primary N) is 1. The molecular formula is C11H10FN3OS. The van der Waals surface area contributed by atoms with Crippen LogP contribution in [0.2, 0.25) is 0 Å². The van der Waals surface area contributed by atoms with Crippen LogP contribution in [-0.2, 0) is 5.75 Å². The summed E-state index contributed by atoms with van der Waals surface area (Å²) >= 11 is 1.37. The number of halogens is 1. The fraction of sp³-hybridized carbons (Fsp3) is 0.0909. The highest BCUT2D eigenvalue weighted by Gasteiger charge is 2.08. The molecule has 17 heavy (non-hydrogen) atoms. The van der Waals surface area contributed by atoms with Crippen LogP contribution >= 0.6 is 11.8 Å². The molecule has 0 aliphatic rings. The number of nitrogens with zero attached hydrogens (tertiary/aromatic N) is 1. The number of amidine groups is 1. The van der Waals surface area contributed by atoms with Crippen molar-refractivity contribution in [3.8, 4) is 0 Å². The molecule has 1 heterocycles. The van der Waals surface area contributed by atoms with Crippen LogP contribution < -0.4 is 5.73 Å². The lowest BCUT2D eigenvalue weighted by Gasteiger charge is -2.06. The predicted octanol–water partition coefficient (Wildman–Crippen LogP) is 2.39. The number of oxazole rings is 1. The Bertz CT molecular complexity index is 528. The molecule has 0 saturated carbocycles. The van der Waals surface area contributed by atoms with Crippen LogP contribution in [-0.4, -0.2) is 10.8 Å². The third-order valence-corrected chi connectivity index (χ3v) is 3.03. The van der Waals surface area contributed by atoms with Crippen LogP contribution in [0.5, 0.6) is 0 Å². The molecular weight excluding hydrogens is 241 g/mol. The minimum Gasteiger partial charge on any atom is -0.440 e. The molecule has 1 aromatic heterocycles. The summed E-state index contributed by atoms with van der Waals surface area (Å²) in [5.41, 5.74) is 6.59. The topological polar surface area (TPSA) is 75.9 Å². The van der Waals surface area contributed by atoms with Crippen LogP contribution in [0, 0.1) is 11.2 Å². The molecule has 0 aliphatic heterocycles. The lowest BCUT2D eigenvalue weighted by molar-refractivity contribution is 0.454. The van der Waals surface area contributed by atoms with Crippen molar-refractivity contribution in [2.75, 3.05) is 0 Å². The Hall–Kier alpha value is -1.82. The first-order valence-electron chi connectivity index (χ1n) is 4.82. The second kappa shape index (κ2) is 5.01. The van der Waals surface area contributed by atoms with E-state index in [4.69, 9.17) is 15.6 Å². The normalized spacial score (nSPS) is 10.4. The summed E-state index contributed by atoms with van der Waals surface area (Å²) in [5.74, 6) is -0.0250. The largest absolute Gasteiger partial charge is 0.440 e. The zero-order valence-corrected chi connectivity index (χ0v) is 9.63. The van der Waals surface area contributed by atoms with Crippen molar-refractivity contribution < 1.29 is 8.81 Å². The molecule has 0 radical (unpaired) electrons. The number of hydrogen-bond donors (Lipinski definition) is 2. The van der Waals surface area contributed by atoms with E-state index in [-0.39, 0.29) is 5.84 Å². The summed E-state index contributed by atoms with van der Waals surface area (Å²) in [6.45, 7) is 0. The number of thioether (sulfide) groups is 1. The highest BCUT2D eigenvalue weighted by Crippen LogP contribution is 2.23. The lowest BCUT2D eigenvalue weighted by Crippen LogP contribution is -2.13. The fourth-order valence-electron chi connectivity index (χ4n) is 1.35. The second-order valence-corrected chi connectivity index (χ2v) is 4.23. The summed E-state index contributed by atoms with van der Waals surface area (Å²) in [4.78, 5) is 3.96. The van der Waals surface area contributed by atoms with E-state index in [1.165, 1.54) is 30.2 Å². The zero-order valence-electron chi connectivity index (χ0n) is 8.81. The molecule has 4 nitrogen and oxygen atoms in total. The number of benzene rings is 1. The van der Waals surface area contributed by atoms with E-state index in [2.05, 4.69) is 4.98 Å². The van der Waals surface area contributed by atoms with Gasteiger partial charge in [0.05, 0.1) is 6.20 Å². The third kappa shape index (κ3) is 2.85. The number of nitrogens with one attached hydrogen (secondary N) is 1. The zero-order chi connectivity index (χ0) is 12.3. The van der Waals surface area contributed by atoms with Crippen LogP contribution in [0.4, 0.5) is 4.39 Å². The summed E-state index contributed by atoms with van der Waals surface area (Å²) in [6, 6.07) is 4.22. The van der Waals surface area contributed by atoms with E-state index in [1.54, 1.807) is 12.3 Å². The van der Waals surface area contributed by atoms with Gasteiger partial charge in [0, 0.05) is 11.3 Å². The minimum atomic E-state index is -0.403. The molecule has 0 atom stereocenters. The minimum absolute atomic E-state index is 0.146. The van der Waals surface area contributed by atoms with Crippen LogP contribution in [0.15, 0.2) is 40.3 Å². The van der Waals surface area contributed by atoms with Gasteiger partial charge in [0.2, 0.25) is 0 Å². The molecule has 0 amide bonds. The van der Waals surface area contributed by atoms with E-state index in [1.807, 2.05) is 0 Å². The average Bonchev–Trinajstić information content (AvgIpc) is 2.80. The molecule has 88 valence electrons. The molecule has 0 aliphatic carbocycles. The van der Waals surface area contributed by atoms with Crippen molar-refractivity contribution in [1.29, 1.82) is 5.41 Å². The Morgan fingerprint density at radius 1 is 1.53 bits per heavy atom. The molecule has 0 saturated heterocycles. The Labute approximate surface area is 102 Å². The van der Waals surface area contributed by atoms with E-state index in [0.717, 1.165) is 5.56 Å². The van der Waals surface area contributed by atoms with E-state index >= 15 is 0 Å². The number of nitrogen functional groups attached to an aromatic ring is 1. The third-order valence-electron chi connectivity index (χ3n) is 2.12. The summed E-state index contributed by atoms with van der Waals surface area (Å²) < 4.78 is 18.1. The van der Waals surface area contributed by atoms with Crippen molar-refractivity contribution >= 4 is 17.6 Å². The Balaban J connectivity index is 2.17. The summed E-state index contributed by atoms with van der Waals surface area (Å²) in [6.07, 6.45) is 3.04. The first-order valence-corrected chi connectivity index (χ1v) is 5.80. The predicted molar refractivity (Wildman–Crippen MR) is 63.5 cm³/mol. The molecule has 0 unspecified atom stereocenters. The Kier molecular flexibility index (Phi) is 3.43. The van der Waals surface area contributed by atoms with Gasteiger partial charge in [-0.2, -0.15) is 0 Å². The van der Waals surface area contributed by atoms with Crippen LogP contribution in [0.25, 0.3) is 0 Å². The van der Waals surface area contributed by atoms with Gasteiger partial charge < -0.3 is 10.2 Å². The van der Waals surface area contributed by atoms with Crippen LogP contribution in [0.3, 0.4) is 0 Å². The van der Waals surface area contributed by atoms with E-state index in [9.17, 15) is 4.39 Å². The second-order valence-electron chi connectivity index (χ2n) is 3.30. The first-order chi connectivity index (χ1) is 8.16. The van der Waals surface area contributed by atoms with Gasteiger partial charge in [0.1, 0.15) is 17.9 Å². The molecule has 6 heteroatoms. The van der Waals surface area contributed by atoms with Crippen molar-refractivity contribution in [3.05, 3.63) is 47.6 Å². The van der Waals surface area contributed by atoms with Crippen molar-refractivity contribution in [3.63, 3.8) is 0 Å². The SMILES string of the molecule is N=C(N)c1cc(F)ccc1CSc1ncco1. The van der Waals surface area contributed by atoms with E-state index in [0.29, 0.717) is 16.5 Å². The van der Waals surface area contributed by atoms with Gasteiger partial charge in [-0.25, -0.2) is 9.37 Å². The van der Waals surface area contributed by atoms with Gasteiger partial charge >= 0.3 is 0 Å². The maximum absolute atomic E-state index is 13.0. The van der Waals surface area contributed by atoms with Gasteiger partial charge in [-0.3, -0.25) is 5.41 Å². The lowest BCUT2D eigenvalue weighted by atomic mass is 10.1. The maximum atomic E-state index is 13.0. The van der Waals surface area contributed by atoms with Gasteiger partial charge in [-0.05, 0) is 17.7 Å². The highest BCUT2D eigenvalue weighted by atomic mass is 32.2. The van der Waals surface area contributed by atoms with Crippen molar-refractivity contribution in [2.45, 2.75) is 11.0 Å². The smallest absolute Gasteiger partial charge is 0.255 e. The number of hydrogen-bond acceptors (Lipinski definition) is 4. The molecule has 0 spiro atoms. The molecule has 2 rings (SSSR count). The summed E-state index contributed by atoms with van der Waals surface area (Å²) in [5, 5.41) is 7.92. The molecule has 3 N–H and O–H groups in total. The number of rotatable bonds is 4. The molecule has 1 aromatic carbocycles. The highest BCUT2D eigenvalue weighted by molar-refractivity contribution is 7.98. The summed E-state index contributed by atoms with van der Waals surface area (Å²) in [7, 11) is 0. The van der Waals surface area contributed by atoms with Gasteiger partial charge in [-0.15, -0.1) is 0 Å². The fourth-order valence-corrected chi connectivity index (χ4v) is 2.14. The standard InChI is InChI=1S/C11H10FN3OS/c12-8-2-1-7(9(5-8)10(13)14)6-17-11-15-3-4-16-11/h1-5H,6H2,(H3,13,14). The average molecular weight is 251 g/mol. The first kappa shape index (κ1) is 11.7. The number of aromatic nitrogens is 1. The molecule has 0 fully saturated rings. The monoisotopic (exact) mass is 251 g/mol. The van der Waals surface area contributed by atoms with Gasteiger partial charge in [0.15, 0.2) is 0 Å². The van der Waals surface area contributed by atoms with Crippen molar-refractivity contribution in [1.82, 2.24) is 4.98 Å². The Morgan fingerprint density at radius 2 is 2.35 bits per heavy atom. The van der Waals surface area contributed by atoms with Crippen LogP contribution in [0.1, 0.15) is 11.1 Å². The quantitative estimate of drug-likeness (QED) is 0.497. The van der Waals surface area contributed by atoms with Gasteiger partial charge in [0.25, 0.3) is 5.22 Å².